The van der Waals surface area contributed by atoms with Gasteiger partial charge in [-0.05, 0) is 30.5 Å². The first-order valence-electron chi connectivity index (χ1n) is 7.22. The molecular weight excluding hydrogens is 268 g/mol. The summed E-state index contributed by atoms with van der Waals surface area (Å²) in [7, 11) is 0. The van der Waals surface area contributed by atoms with Gasteiger partial charge >= 0.3 is 0 Å². The van der Waals surface area contributed by atoms with Crippen LogP contribution in [0.5, 0.6) is 0 Å². The number of nitrogens with one attached hydrogen (secondary N) is 1. The van der Waals surface area contributed by atoms with Crippen LogP contribution in [0.2, 0.25) is 0 Å². The van der Waals surface area contributed by atoms with Gasteiger partial charge in [0, 0.05) is 18.2 Å². The number of carbonyl (C=O) groups excluding carboxylic acids is 2. The molecule has 2 amide bonds. The predicted octanol–water partition coefficient (Wildman–Crippen LogP) is 0.520. The SMILES string of the molecule is NNC(=O)c1ccc(CN(CC(N)=O)C2CCCC2)cc1. The van der Waals surface area contributed by atoms with Crippen molar-refractivity contribution in [3.63, 3.8) is 0 Å². The van der Waals surface area contributed by atoms with Crippen LogP contribution in [0.4, 0.5) is 0 Å². The second kappa shape index (κ2) is 7.19. The third-order valence-corrected chi connectivity index (χ3v) is 3.93. The number of nitrogens with zero attached hydrogens (tertiary/aromatic N) is 1. The first-order valence-corrected chi connectivity index (χ1v) is 7.22. The van der Waals surface area contributed by atoms with Crippen LogP contribution in [0.25, 0.3) is 0 Å². The van der Waals surface area contributed by atoms with Gasteiger partial charge < -0.3 is 5.73 Å². The molecule has 1 aromatic rings. The zero-order valence-electron chi connectivity index (χ0n) is 12.0. The molecular formula is C15H22N4O2. The van der Waals surface area contributed by atoms with E-state index in [0.29, 0.717) is 18.2 Å². The van der Waals surface area contributed by atoms with Crippen LogP contribution in [0.1, 0.15) is 41.6 Å². The summed E-state index contributed by atoms with van der Waals surface area (Å²) >= 11 is 0. The molecule has 0 saturated heterocycles. The Labute approximate surface area is 124 Å². The first kappa shape index (κ1) is 15.5. The standard InChI is InChI=1S/C15H22N4O2/c16-14(20)10-19(13-3-1-2-4-13)9-11-5-7-12(8-6-11)15(21)18-17/h5-8,13H,1-4,9-10,17H2,(H2,16,20)(H,18,21). The van der Waals surface area contributed by atoms with Crippen LogP contribution in [-0.4, -0.2) is 29.3 Å². The molecule has 0 atom stereocenters. The average molecular weight is 290 g/mol. The third-order valence-electron chi connectivity index (χ3n) is 3.93. The normalized spacial score (nSPS) is 15.3. The fourth-order valence-electron chi connectivity index (χ4n) is 2.86. The van der Waals surface area contributed by atoms with E-state index in [1.54, 1.807) is 12.1 Å². The minimum Gasteiger partial charge on any atom is -0.369 e. The number of nitrogen functional groups attached to an aromatic ring is 1. The number of hydrogen-bond acceptors (Lipinski definition) is 4. The molecule has 114 valence electrons. The second-order valence-corrected chi connectivity index (χ2v) is 5.48. The molecule has 0 spiro atoms. The highest BCUT2D eigenvalue weighted by Crippen LogP contribution is 2.24. The Kier molecular flexibility index (Phi) is 5.30. The van der Waals surface area contributed by atoms with Crippen molar-refractivity contribution in [1.82, 2.24) is 10.3 Å². The lowest BCUT2D eigenvalue weighted by atomic mass is 10.1. The van der Waals surface area contributed by atoms with Crippen molar-refractivity contribution in [3.05, 3.63) is 35.4 Å². The van der Waals surface area contributed by atoms with Gasteiger partial charge in [0.15, 0.2) is 0 Å². The van der Waals surface area contributed by atoms with E-state index >= 15 is 0 Å². The summed E-state index contributed by atoms with van der Waals surface area (Å²) in [5, 5.41) is 0. The average Bonchev–Trinajstić information content (AvgIpc) is 3.00. The first-order chi connectivity index (χ1) is 10.1. The maximum atomic E-state index is 11.4. The number of benzene rings is 1. The highest BCUT2D eigenvalue weighted by Gasteiger charge is 2.23. The van der Waals surface area contributed by atoms with E-state index in [0.717, 1.165) is 18.4 Å². The van der Waals surface area contributed by atoms with Crippen LogP contribution in [0, 0.1) is 0 Å². The van der Waals surface area contributed by atoms with Crippen LogP contribution in [-0.2, 0) is 11.3 Å². The minimum absolute atomic E-state index is 0.274. The zero-order chi connectivity index (χ0) is 15.2. The molecule has 21 heavy (non-hydrogen) atoms. The number of amides is 2. The lowest BCUT2D eigenvalue weighted by Gasteiger charge is -2.27. The Balaban J connectivity index is 2.05. The molecule has 0 bridgehead atoms. The van der Waals surface area contributed by atoms with Crippen molar-refractivity contribution in [1.29, 1.82) is 0 Å². The van der Waals surface area contributed by atoms with Crippen molar-refractivity contribution in [2.45, 2.75) is 38.3 Å². The number of carbonyl (C=O) groups is 2. The third kappa shape index (κ3) is 4.27. The van der Waals surface area contributed by atoms with Gasteiger partial charge in [0.2, 0.25) is 5.91 Å². The molecule has 6 nitrogen and oxygen atoms in total. The highest BCUT2D eigenvalue weighted by atomic mass is 16.2. The molecule has 0 aliphatic heterocycles. The summed E-state index contributed by atoms with van der Waals surface area (Å²) in [4.78, 5) is 24.8. The fraction of sp³-hybridized carbons (Fsp3) is 0.467. The number of hydrogen-bond donors (Lipinski definition) is 3. The summed E-state index contributed by atoms with van der Waals surface area (Å²) in [5.41, 5.74) is 9.02. The number of primary amides is 1. The van der Waals surface area contributed by atoms with Crippen LogP contribution in [0.15, 0.2) is 24.3 Å². The summed E-state index contributed by atoms with van der Waals surface area (Å²) in [6.45, 7) is 0.938. The van der Waals surface area contributed by atoms with E-state index in [1.165, 1.54) is 12.8 Å². The summed E-state index contributed by atoms with van der Waals surface area (Å²) in [5.74, 6) is 4.48. The van der Waals surface area contributed by atoms with Gasteiger partial charge in [-0.15, -0.1) is 0 Å². The Bertz CT molecular complexity index is 495. The number of nitrogens with two attached hydrogens (primary N) is 2. The molecule has 0 aromatic heterocycles. The van der Waals surface area contributed by atoms with Crippen LogP contribution in [0.3, 0.4) is 0 Å². The van der Waals surface area contributed by atoms with E-state index < -0.39 is 0 Å². The molecule has 1 aliphatic rings. The fourth-order valence-corrected chi connectivity index (χ4v) is 2.86. The number of rotatable bonds is 6. The van der Waals surface area contributed by atoms with Gasteiger partial charge in [-0.3, -0.25) is 19.9 Å². The van der Waals surface area contributed by atoms with Gasteiger partial charge in [-0.2, -0.15) is 0 Å². The van der Waals surface area contributed by atoms with Crippen molar-refractivity contribution in [2.24, 2.45) is 11.6 Å². The Morgan fingerprint density at radius 1 is 1.19 bits per heavy atom. The van der Waals surface area contributed by atoms with E-state index in [1.807, 2.05) is 12.1 Å². The molecule has 5 N–H and O–H groups in total. The summed E-state index contributed by atoms with van der Waals surface area (Å²) < 4.78 is 0. The topological polar surface area (TPSA) is 101 Å². The van der Waals surface area contributed by atoms with Gasteiger partial charge in [0.25, 0.3) is 5.91 Å². The molecule has 0 unspecified atom stereocenters. The van der Waals surface area contributed by atoms with Crippen molar-refractivity contribution < 1.29 is 9.59 Å². The van der Waals surface area contributed by atoms with Gasteiger partial charge in [0.05, 0.1) is 6.54 Å². The lowest BCUT2D eigenvalue weighted by Crippen LogP contribution is -2.39. The van der Waals surface area contributed by atoms with Crippen LogP contribution < -0.4 is 17.0 Å². The minimum atomic E-state index is -0.314. The van der Waals surface area contributed by atoms with E-state index in [2.05, 4.69) is 10.3 Å². The van der Waals surface area contributed by atoms with Crippen molar-refractivity contribution in [2.75, 3.05) is 6.54 Å². The summed E-state index contributed by atoms with van der Waals surface area (Å²) in [6, 6.07) is 7.65. The number of hydrazine groups is 1. The van der Waals surface area contributed by atoms with Gasteiger partial charge in [-0.25, -0.2) is 5.84 Å². The van der Waals surface area contributed by atoms with Crippen molar-refractivity contribution >= 4 is 11.8 Å². The maximum Gasteiger partial charge on any atom is 0.265 e. The zero-order valence-corrected chi connectivity index (χ0v) is 12.0. The Morgan fingerprint density at radius 3 is 2.33 bits per heavy atom. The van der Waals surface area contributed by atoms with Gasteiger partial charge in [0.1, 0.15) is 0 Å². The largest absolute Gasteiger partial charge is 0.369 e. The summed E-state index contributed by atoms with van der Waals surface area (Å²) in [6.07, 6.45) is 4.63. The molecule has 6 heteroatoms. The molecule has 0 radical (unpaired) electrons. The molecule has 2 rings (SSSR count). The molecule has 1 aromatic carbocycles. The van der Waals surface area contributed by atoms with Crippen molar-refractivity contribution in [3.8, 4) is 0 Å². The molecule has 1 fully saturated rings. The van der Waals surface area contributed by atoms with E-state index in [9.17, 15) is 9.59 Å². The smallest absolute Gasteiger partial charge is 0.265 e. The molecule has 1 saturated carbocycles. The monoisotopic (exact) mass is 290 g/mol. The lowest BCUT2D eigenvalue weighted by molar-refractivity contribution is -0.119. The van der Waals surface area contributed by atoms with Gasteiger partial charge in [-0.1, -0.05) is 25.0 Å². The Morgan fingerprint density at radius 2 is 1.81 bits per heavy atom. The second-order valence-electron chi connectivity index (χ2n) is 5.48. The highest BCUT2D eigenvalue weighted by molar-refractivity contribution is 5.93. The van der Waals surface area contributed by atoms with E-state index in [-0.39, 0.29) is 18.4 Å². The Hall–Kier alpha value is -1.92. The van der Waals surface area contributed by atoms with Crippen LogP contribution >= 0.6 is 0 Å². The quantitative estimate of drug-likeness (QED) is 0.404. The maximum absolute atomic E-state index is 11.4. The molecule has 0 heterocycles. The predicted molar refractivity (Wildman–Crippen MR) is 80.0 cm³/mol. The van der Waals surface area contributed by atoms with E-state index in [4.69, 9.17) is 11.6 Å². The molecule has 1 aliphatic carbocycles.